The molecule has 0 spiro atoms. The van der Waals surface area contributed by atoms with E-state index in [-0.39, 0.29) is 0 Å². The van der Waals surface area contributed by atoms with E-state index in [0.717, 1.165) is 10.6 Å². The third-order valence-corrected chi connectivity index (χ3v) is 6.50. The highest BCUT2D eigenvalue weighted by Crippen LogP contribution is 2.24. The molecule has 1 aromatic carbocycles. The number of primary amides is 1. The van der Waals surface area contributed by atoms with Crippen molar-refractivity contribution in [3.8, 4) is 0 Å². The first-order valence-corrected chi connectivity index (χ1v) is 11.1. The number of carbonyl (C=O) groups excluding carboxylic acids is 2. The molecule has 3 atom stereocenters. The molecule has 2 aromatic rings. The minimum absolute atomic E-state index is 0.385. The molecule has 0 saturated carbocycles. The molecular weight excluding hydrogens is 396 g/mol. The van der Waals surface area contributed by atoms with Gasteiger partial charge in [-0.3, -0.25) is 0 Å². The van der Waals surface area contributed by atoms with Crippen molar-refractivity contribution >= 4 is 21.8 Å². The van der Waals surface area contributed by atoms with Gasteiger partial charge in [0.1, 0.15) is 9.84 Å². The Hall–Kier alpha value is -2.81. The van der Waals surface area contributed by atoms with E-state index in [1.807, 2.05) is 0 Å². The molecular formula is C20H26N2O6S. The van der Waals surface area contributed by atoms with Crippen molar-refractivity contribution in [2.75, 3.05) is 6.26 Å². The fraction of sp³-hybridized carbons (Fsp3) is 0.400. The van der Waals surface area contributed by atoms with Crippen LogP contribution in [0.1, 0.15) is 49.4 Å². The second-order valence-corrected chi connectivity index (χ2v) is 9.58. The summed E-state index contributed by atoms with van der Waals surface area (Å²) < 4.78 is 28.2. The van der Waals surface area contributed by atoms with E-state index < -0.39 is 39.0 Å². The zero-order chi connectivity index (χ0) is 21.8. The van der Waals surface area contributed by atoms with Gasteiger partial charge in [-0.15, -0.1) is 5.06 Å². The van der Waals surface area contributed by atoms with Crippen LogP contribution in [0.25, 0.3) is 0 Å². The molecule has 0 radical (unpaired) electrons. The van der Waals surface area contributed by atoms with Gasteiger partial charge in [0.05, 0.1) is 29.7 Å². The van der Waals surface area contributed by atoms with Crippen LogP contribution >= 0.6 is 0 Å². The summed E-state index contributed by atoms with van der Waals surface area (Å²) in [5, 5.41) is 0.315. The molecule has 2 rings (SSSR count). The van der Waals surface area contributed by atoms with Crippen LogP contribution in [0.5, 0.6) is 0 Å². The lowest BCUT2D eigenvalue weighted by Gasteiger charge is -2.26. The first kappa shape index (κ1) is 22.5. The lowest BCUT2D eigenvalue weighted by Crippen LogP contribution is -2.40. The van der Waals surface area contributed by atoms with Crippen molar-refractivity contribution < 1.29 is 27.3 Å². The SMILES string of the molecule is CC(C(=O)ON(C(N)=O)C(C)c1ccoc1)c1ccc(CC(C)S(C)(=O)=O)cc1. The number of hydrogen-bond donors (Lipinski definition) is 1. The van der Waals surface area contributed by atoms with E-state index in [0.29, 0.717) is 17.5 Å². The fourth-order valence-corrected chi connectivity index (χ4v) is 3.20. The van der Waals surface area contributed by atoms with Crippen LogP contribution in [-0.4, -0.2) is 37.0 Å². The van der Waals surface area contributed by atoms with Gasteiger partial charge in [-0.2, -0.15) is 0 Å². The summed E-state index contributed by atoms with van der Waals surface area (Å²) in [5.41, 5.74) is 7.51. The summed E-state index contributed by atoms with van der Waals surface area (Å²) in [4.78, 5) is 29.6. The molecule has 0 aliphatic carbocycles. The number of amides is 2. The average molecular weight is 423 g/mol. The van der Waals surface area contributed by atoms with E-state index in [4.69, 9.17) is 15.0 Å². The van der Waals surface area contributed by atoms with Crippen molar-refractivity contribution in [1.82, 2.24) is 5.06 Å². The lowest BCUT2D eigenvalue weighted by molar-refractivity contribution is -0.185. The summed E-state index contributed by atoms with van der Waals surface area (Å²) in [5.74, 6) is -1.30. The number of hydrogen-bond acceptors (Lipinski definition) is 6. The third-order valence-electron chi connectivity index (χ3n) is 4.87. The quantitative estimate of drug-likeness (QED) is 0.685. The average Bonchev–Trinajstić information content (AvgIpc) is 3.19. The van der Waals surface area contributed by atoms with Gasteiger partial charge < -0.3 is 15.0 Å². The second-order valence-electron chi connectivity index (χ2n) is 7.11. The zero-order valence-corrected chi connectivity index (χ0v) is 17.7. The highest BCUT2D eigenvalue weighted by molar-refractivity contribution is 7.91. The van der Waals surface area contributed by atoms with Crippen molar-refractivity contribution in [3.05, 3.63) is 59.5 Å². The Labute approximate surface area is 170 Å². The molecule has 0 bridgehead atoms. The monoisotopic (exact) mass is 422 g/mol. The molecule has 158 valence electrons. The molecule has 29 heavy (non-hydrogen) atoms. The summed E-state index contributed by atoms with van der Waals surface area (Å²) in [6.07, 6.45) is 4.48. The van der Waals surface area contributed by atoms with Gasteiger partial charge >= 0.3 is 12.0 Å². The van der Waals surface area contributed by atoms with Crippen LogP contribution in [0.2, 0.25) is 0 Å². The van der Waals surface area contributed by atoms with Gasteiger partial charge in [-0.25, -0.2) is 18.0 Å². The minimum Gasteiger partial charge on any atom is -0.472 e. The smallest absolute Gasteiger partial charge is 0.348 e. The second kappa shape index (κ2) is 9.13. The molecule has 8 nitrogen and oxygen atoms in total. The number of urea groups is 1. The molecule has 1 heterocycles. The Morgan fingerprint density at radius 2 is 1.72 bits per heavy atom. The number of nitrogens with zero attached hydrogens (tertiary/aromatic N) is 1. The first-order chi connectivity index (χ1) is 13.5. The van der Waals surface area contributed by atoms with Crippen LogP contribution in [-0.2, 0) is 25.9 Å². The predicted octanol–water partition coefficient (Wildman–Crippen LogP) is 2.96. The fourth-order valence-electron chi connectivity index (χ4n) is 2.70. The molecule has 0 aliphatic rings. The van der Waals surface area contributed by atoms with Crippen LogP contribution < -0.4 is 5.73 Å². The summed E-state index contributed by atoms with van der Waals surface area (Å²) >= 11 is 0. The minimum atomic E-state index is -3.12. The maximum Gasteiger partial charge on any atom is 0.348 e. The van der Waals surface area contributed by atoms with Crippen molar-refractivity contribution in [2.24, 2.45) is 5.73 Å². The highest BCUT2D eigenvalue weighted by atomic mass is 32.2. The van der Waals surface area contributed by atoms with E-state index in [1.165, 1.54) is 18.8 Å². The van der Waals surface area contributed by atoms with E-state index in [9.17, 15) is 18.0 Å². The molecule has 1 aromatic heterocycles. The third kappa shape index (κ3) is 5.83. The summed E-state index contributed by atoms with van der Waals surface area (Å²) in [7, 11) is -3.12. The Kier molecular flexibility index (Phi) is 7.07. The van der Waals surface area contributed by atoms with Crippen LogP contribution in [0.4, 0.5) is 4.79 Å². The van der Waals surface area contributed by atoms with Crippen molar-refractivity contribution in [1.29, 1.82) is 0 Å². The van der Waals surface area contributed by atoms with Crippen LogP contribution in [0, 0.1) is 0 Å². The molecule has 2 amide bonds. The van der Waals surface area contributed by atoms with Gasteiger partial charge in [0.2, 0.25) is 0 Å². The number of nitrogens with two attached hydrogens (primary N) is 1. The summed E-state index contributed by atoms with van der Waals surface area (Å²) in [6.45, 7) is 4.96. The Bertz CT molecular complexity index is 938. The van der Waals surface area contributed by atoms with Crippen LogP contribution in [0.3, 0.4) is 0 Å². The van der Waals surface area contributed by atoms with Gasteiger partial charge in [0.25, 0.3) is 0 Å². The maximum absolute atomic E-state index is 12.6. The van der Waals surface area contributed by atoms with Crippen LogP contribution in [0.15, 0.2) is 47.3 Å². The largest absolute Gasteiger partial charge is 0.472 e. The molecule has 2 N–H and O–H groups in total. The number of furan rings is 1. The molecule has 0 fully saturated rings. The highest BCUT2D eigenvalue weighted by Gasteiger charge is 2.28. The lowest BCUT2D eigenvalue weighted by atomic mass is 9.99. The van der Waals surface area contributed by atoms with Gasteiger partial charge in [-0.1, -0.05) is 24.3 Å². The predicted molar refractivity (Wildman–Crippen MR) is 108 cm³/mol. The van der Waals surface area contributed by atoms with E-state index in [1.54, 1.807) is 51.1 Å². The molecule has 0 aliphatic heterocycles. The van der Waals surface area contributed by atoms with E-state index >= 15 is 0 Å². The normalized spacial score (nSPS) is 14.6. The number of carbonyl (C=O) groups is 2. The number of rotatable bonds is 7. The Morgan fingerprint density at radius 1 is 1.10 bits per heavy atom. The summed E-state index contributed by atoms with van der Waals surface area (Å²) in [6, 6.07) is 7.18. The van der Waals surface area contributed by atoms with Gasteiger partial charge in [0, 0.05) is 11.8 Å². The van der Waals surface area contributed by atoms with Crippen molar-refractivity contribution in [2.45, 2.75) is 44.4 Å². The first-order valence-electron chi connectivity index (χ1n) is 9.11. The Balaban J connectivity index is 2.07. The van der Waals surface area contributed by atoms with Gasteiger partial charge in [-0.05, 0) is 44.4 Å². The molecule has 0 saturated heterocycles. The van der Waals surface area contributed by atoms with E-state index in [2.05, 4.69) is 0 Å². The zero-order valence-electron chi connectivity index (χ0n) is 16.9. The van der Waals surface area contributed by atoms with Gasteiger partial charge in [0.15, 0.2) is 0 Å². The number of hydroxylamine groups is 2. The number of benzene rings is 1. The number of sulfone groups is 1. The Morgan fingerprint density at radius 3 is 2.21 bits per heavy atom. The topological polar surface area (TPSA) is 120 Å². The molecule has 9 heteroatoms. The standard InChI is InChI=1S/C20H26N2O6S/c1-13(29(4,25)26)11-16-5-7-17(8-6-16)14(2)19(23)28-22(20(21)24)15(3)18-9-10-27-12-18/h5-10,12-15H,11H2,1-4H3,(H2,21,24). The maximum atomic E-state index is 12.6. The van der Waals surface area contributed by atoms with Crippen molar-refractivity contribution in [3.63, 3.8) is 0 Å². The molecule has 3 unspecified atom stereocenters.